The Bertz CT molecular complexity index is 150. The number of aliphatic hydroxyl groups excluding tert-OH is 1. The average molecular weight is 153 g/mol. The number of hydrogen-bond donors (Lipinski definition) is 1. The van der Waals surface area contributed by atoms with E-state index in [9.17, 15) is 5.11 Å². The maximum atomic E-state index is 9.17. The molecule has 0 aromatic heterocycles. The Morgan fingerprint density at radius 3 is 3.00 bits per heavy atom. The maximum Gasteiger partial charge on any atom is 0.0679 e. The molecule has 1 aliphatic heterocycles. The highest BCUT2D eigenvalue weighted by atomic mass is 16.3. The summed E-state index contributed by atoms with van der Waals surface area (Å²) in [5.74, 6) is 2.61. The molecule has 2 nitrogen and oxygen atoms in total. The molecule has 1 heterocycles. The van der Waals surface area contributed by atoms with Gasteiger partial charge in [0.2, 0.25) is 0 Å². The molecule has 1 fully saturated rings. The molecule has 1 aliphatic rings. The Kier molecular flexibility index (Phi) is 3.41. The van der Waals surface area contributed by atoms with E-state index >= 15 is 0 Å². The molecule has 1 atom stereocenters. The quantitative estimate of drug-likeness (QED) is 0.470. The summed E-state index contributed by atoms with van der Waals surface area (Å²) in [5.41, 5.74) is 0. The van der Waals surface area contributed by atoms with Gasteiger partial charge >= 0.3 is 0 Å². The summed E-state index contributed by atoms with van der Waals surface area (Å²) in [6.07, 6.45) is 7.87. The number of β-amino-alcohol motifs (C(OH)–C–C–N with tert-alkyl or cyclic N) is 1. The predicted octanol–water partition coefficient (Wildman–Crippen LogP) is 0.466. The van der Waals surface area contributed by atoms with Gasteiger partial charge in [0.05, 0.1) is 6.10 Å². The summed E-state index contributed by atoms with van der Waals surface area (Å²) in [6.45, 7) is 2.91. The Hall–Kier alpha value is -0.520. The van der Waals surface area contributed by atoms with Crippen LogP contribution in [0, 0.1) is 12.3 Å². The Labute approximate surface area is 68.2 Å². The third-order valence-corrected chi connectivity index (χ3v) is 2.04. The van der Waals surface area contributed by atoms with Gasteiger partial charge in [0.25, 0.3) is 0 Å². The summed E-state index contributed by atoms with van der Waals surface area (Å²) < 4.78 is 0. The number of rotatable bonds is 3. The van der Waals surface area contributed by atoms with Crippen LogP contribution in [0.2, 0.25) is 0 Å². The third kappa shape index (κ3) is 2.92. The number of unbranched alkanes of at least 4 members (excludes halogenated alkanes) is 1. The molecule has 0 amide bonds. The van der Waals surface area contributed by atoms with Crippen molar-refractivity contribution in [3.63, 3.8) is 0 Å². The van der Waals surface area contributed by atoms with Crippen LogP contribution >= 0.6 is 0 Å². The van der Waals surface area contributed by atoms with Gasteiger partial charge in [-0.25, -0.2) is 0 Å². The molecular formula is C9H15NO. The molecule has 0 bridgehead atoms. The minimum atomic E-state index is -0.0964. The van der Waals surface area contributed by atoms with E-state index < -0.39 is 0 Å². The van der Waals surface area contributed by atoms with Crippen molar-refractivity contribution < 1.29 is 5.11 Å². The number of nitrogens with zero attached hydrogens (tertiary/aromatic N) is 1. The molecule has 1 saturated heterocycles. The second-order valence-electron chi connectivity index (χ2n) is 3.05. The highest BCUT2D eigenvalue weighted by Gasteiger charge is 2.18. The average Bonchev–Trinajstić information content (AvgIpc) is 2.37. The molecule has 0 aromatic carbocycles. The first-order valence-electron chi connectivity index (χ1n) is 4.17. The number of terminal acetylenes is 1. The number of aliphatic hydroxyl groups is 1. The van der Waals surface area contributed by atoms with Gasteiger partial charge in [-0.15, -0.1) is 12.3 Å². The molecule has 0 aromatic rings. The fourth-order valence-corrected chi connectivity index (χ4v) is 1.42. The molecule has 2 heteroatoms. The van der Waals surface area contributed by atoms with Gasteiger partial charge in [-0.2, -0.15) is 0 Å². The molecule has 0 unspecified atom stereocenters. The van der Waals surface area contributed by atoms with Crippen molar-refractivity contribution in [2.45, 2.75) is 25.4 Å². The first kappa shape index (κ1) is 8.58. The van der Waals surface area contributed by atoms with Crippen LogP contribution < -0.4 is 0 Å². The van der Waals surface area contributed by atoms with Crippen molar-refractivity contribution >= 4 is 0 Å². The van der Waals surface area contributed by atoms with Crippen LogP contribution in [0.1, 0.15) is 19.3 Å². The smallest absolute Gasteiger partial charge is 0.0679 e. The highest BCUT2D eigenvalue weighted by molar-refractivity contribution is 4.84. The Morgan fingerprint density at radius 1 is 1.64 bits per heavy atom. The van der Waals surface area contributed by atoms with E-state index in [2.05, 4.69) is 10.8 Å². The van der Waals surface area contributed by atoms with Crippen molar-refractivity contribution in [3.05, 3.63) is 0 Å². The van der Waals surface area contributed by atoms with Gasteiger partial charge in [0, 0.05) is 19.5 Å². The zero-order valence-electron chi connectivity index (χ0n) is 6.79. The van der Waals surface area contributed by atoms with Crippen molar-refractivity contribution in [2.75, 3.05) is 19.6 Å². The monoisotopic (exact) mass is 153 g/mol. The zero-order valence-corrected chi connectivity index (χ0v) is 6.79. The minimum absolute atomic E-state index is 0.0964. The molecule has 0 spiro atoms. The number of likely N-dealkylation sites (tertiary alicyclic amines) is 1. The summed E-state index contributed by atoms with van der Waals surface area (Å²) in [4.78, 5) is 2.27. The van der Waals surface area contributed by atoms with Gasteiger partial charge in [0.15, 0.2) is 0 Å². The molecule has 62 valence electrons. The van der Waals surface area contributed by atoms with Crippen molar-refractivity contribution in [2.24, 2.45) is 0 Å². The van der Waals surface area contributed by atoms with Crippen molar-refractivity contribution in [3.8, 4) is 12.3 Å². The molecule has 0 radical (unpaired) electrons. The van der Waals surface area contributed by atoms with E-state index in [1.165, 1.54) is 0 Å². The molecule has 0 aliphatic carbocycles. The van der Waals surface area contributed by atoms with E-state index in [4.69, 9.17) is 6.42 Å². The van der Waals surface area contributed by atoms with Crippen LogP contribution in [0.15, 0.2) is 0 Å². The largest absolute Gasteiger partial charge is 0.392 e. The van der Waals surface area contributed by atoms with Crippen LogP contribution in [0.3, 0.4) is 0 Å². The number of hydrogen-bond acceptors (Lipinski definition) is 2. The highest BCUT2D eigenvalue weighted by Crippen LogP contribution is 2.08. The lowest BCUT2D eigenvalue weighted by Gasteiger charge is -2.12. The van der Waals surface area contributed by atoms with Crippen molar-refractivity contribution in [1.82, 2.24) is 4.90 Å². The van der Waals surface area contributed by atoms with E-state index in [0.29, 0.717) is 0 Å². The lowest BCUT2D eigenvalue weighted by atomic mass is 10.3. The summed E-state index contributed by atoms with van der Waals surface area (Å²) in [7, 11) is 0. The summed E-state index contributed by atoms with van der Waals surface area (Å²) >= 11 is 0. The summed E-state index contributed by atoms with van der Waals surface area (Å²) in [5, 5.41) is 9.17. The first-order chi connectivity index (χ1) is 5.33. The van der Waals surface area contributed by atoms with E-state index in [0.717, 1.165) is 38.9 Å². The van der Waals surface area contributed by atoms with Gasteiger partial charge in [0.1, 0.15) is 0 Å². The lowest BCUT2D eigenvalue weighted by Crippen LogP contribution is -2.22. The summed E-state index contributed by atoms with van der Waals surface area (Å²) in [6, 6.07) is 0. The second kappa shape index (κ2) is 4.38. The predicted molar refractivity (Wildman–Crippen MR) is 45.1 cm³/mol. The first-order valence-corrected chi connectivity index (χ1v) is 4.17. The molecule has 11 heavy (non-hydrogen) atoms. The standard InChI is InChI=1S/C9H15NO/c1-2-3-4-6-10-7-5-9(11)8-10/h1,9,11H,3-8H2/t9-/m0/s1. The molecule has 1 rings (SSSR count). The fraction of sp³-hybridized carbons (Fsp3) is 0.778. The maximum absolute atomic E-state index is 9.17. The third-order valence-electron chi connectivity index (χ3n) is 2.04. The lowest BCUT2D eigenvalue weighted by molar-refractivity contribution is 0.176. The van der Waals surface area contributed by atoms with Crippen molar-refractivity contribution in [1.29, 1.82) is 0 Å². The zero-order chi connectivity index (χ0) is 8.10. The SMILES string of the molecule is C#CCCCN1CC[C@H](O)C1. The van der Waals surface area contributed by atoms with E-state index in [1.54, 1.807) is 0 Å². The Morgan fingerprint density at radius 2 is 2.45 bits per heavy atom. The molecular weight excluding hydrogens is 138 g/mol. The Balaban J connectivity index is 2.05. The van der Waals surface area contributed by atoms with E-state index in [-0.39, 0.29) is 6.10 Å². The minimum Gasteiger partial charge on any atom is -0.392 e. The normalized spacial score (nSPS) is 25.3. The van der Waals surface area contributed by atoms with Gasteiger partial charge in [-0.1, -0.05) is 0 Å². The van der Waals surface area contributed by atoms with Crippen LogP contribution in [0.4, 0.5) is 0 Å². The van der Waals surface area contributed by atoms with Gasteiger partial charge in [-0.3, -0.25) is 0 Å². The van der Waals surface area contributed by atoms with Gasteiger partial charge < -0.3 is 10.0 Å². The fourth-order valence-electron chi connectivity index (χ4n) is 1.42. The van der Waals surface area contributed by atoms with Gasteiger partial charge in [-0.05, 0) is 19.4 Å². The topological polar surface area (TPSA) is 23.5 Å². The van der Waals surface area contributed by atoms with Crippen LogP contribution in [-0.2, 0) is 0 Å². The van der Waals surface area contributed by atoms with Crippen LogP contribution in [0.5, 0.6) is 0 Å². The molecule has 0 saturated carbocycles. The molecule has 1 N–H and O–H groups in total. The second-order valence-corrected chi connectivity index (χ2v) is 3.05. The van der Waals surface area contributed by atoms with Crippen LogP contribution in [-0.4, -0.2) is 35.7 Å². The van der Waals surface area contributed by atoms with E-state index in [1.807, 2.05) is 0 Å². The van der Waals surface area contributed by atoms with Crippen LogP contribution in [0.25, 0.3) is 0 Å².